The highest BCUT2D eigenvalue weighted by atomic mass is 35.5. The molecule has 146 valence electrons. The molecule has 0 aliphatic heterocycles. The molecule has 4 nitrogen and oxygen atoms in total. The molecule has 0 atom stereocenters. The number of hydrogen-bond donors (Lipinski definition) is 2. The standard InChI is InChI=1S/C19H15ClF3N3OS/c20-16-7-2-1-4-12(16)10-24-17(27)9-15-11-28-18(26-15)25-14-6-3-5-13(8-14)19(21,22)23/h1-8,11H,9-10H2,(H,24,27)(H,25,26). The van der Waals surface area contributed by atoms with Crippen molar-refractivity contribution in [3.63, 3.8) is 0 Å². The molecule has 2 aromatic carbocycles. The molecule has 9 heteroatoms. The summed E-state index contributed by atoms with van der Waals surface area (Å²) >= 11 is 7.26. The van der Waals surface area contributed by atoms with E-state index < -0.39 is 11.7 Å². The van der Waals surface area contributed by atoms with Crippen LogP contribution in [0.25, 0.3) is 0 Å². The monoisotopic (exact) mass is 425 g/mol. The van der Waals surface area contributed by atoms with Crippen molar-refractivity contribution in [3.05, 3.63) is 75.8 Å². The topological polar surface area (TPSA) is 54.0 Å². The first-order valence-electron chi connectivity index (χ1n) is 8.20. The highest BCUT2D eigenvalue weighted by Gasteiger charge is 2.30. The molecule has 0 radical (unpaired) electrons. The fourth-order valence-electron chi connectivity index (χ4n) is 2.40. The largest absolute Gasteiger partial charge is 0.416 e. The SMILES string of the molecule is O=C(Cc1csc(Nc2cccc(C(F)(F)F)c2)n1)NCc1ccccc1Cl. The number of alkyl halides is 3. The molecule has 3 rings (SSSR count). The van der Waals surface area contributed by atoms with E-state index in [1.54, 1.807) is 11.4 Å². The summed E-state index contributed by atoms with van der Waals surface area (Å²) in [6.45, 7) is 0.304. The number of rotatable bonds is 6. The number of nitrogens with zero attached hydrogens (tertiary/aromatic N) is 1. The van der Waals surface area contributed by atoms with Gasteiger partial charge in [0, 0.05) is 22.6 Å². The molecule has 0 unspecified atom stereocenters. The molecule has 1 amide bonds. The van der Waals surface area contributed by atoms with Crippen molar-refractivity contribution < 1.29 is 18.0 Å². The maximum absolute atomic E-state index is 12.8. The zero-order valence-corrected chi connectivity index (χ0v) is 16.0. The van der Waals surface area contributed by atoms with Gasteiger partial charge in [0.1, 0.15) is 0 Å². The van der Waals surface area contributed by atoms with Gasteiger partial charge in [0.15, 0.2) is 5.13 Å². The van der Waals surface area contributed by atoms with Crippen LogP contribution in [0.1, 0.15) is 16.8 Å². The van der Waals surface area contributed by atoms with Crippen molar-refractivity contribution in [2.24, 2.45) is 0 Å². The number of carbonyl (C=O) groups is 1. The van der Waals surface area contributed by atoms with Crippen LogP contribution in [0.5, 0.6) is 0 Å². The summed E-state index contributed by atoms with van der Waals surface area (Å²) in [6.07, 6.45) is -4.35. The number of thiazole rings is 1. The lowest BCUT2D eigenvalue weighted by atomic mass is 10.2. The molecule has 28 heavy (non-hydrogen) atoms. The Balaban J connectivity index is 1.57. The van der Waals surface area contributed by atoms with Crippen LogP contribution >= 0.6 is 22.9 Å². The lowest BCUT2D eigenvalue weighted by molar-refractivity contribution is -0.137. The Labute approximate surface area is 168 Å². The van der Waals surface area contributed by atoms with Crippen molar-refractivity contribution in [1.82, 2.24) is 10.3 Å². The summed E-state index contributed by atoms with van der Waals surface area (Å²) in [4.78, 5) is 16.3. The predicted molar refractivity (Wildman–Crippen MR) is 104 cm³/mol. The van der Waals surface area contributed by atoms with Crippen LogP contribution < -0.4 is 10.6 Å². The molecular weight excluding hydrogens is 411 g/mol. The van der Waals surface area contributed by atoms with E-state index in [9.17, 15) is 18.0 Å². The third-order valence-corrected chi connectivity index (χ3v) is 4.94. The molecule has 0 bridgehead atoms. The van der Waals surface area contributed by atoms with Crippen LogP contribution in [0.2, 0.25) is 5.02 Å². The fraction of sp³-hybridized carbons (Fsp3) is 0.158. The van der Waals surface area contributed by atoms with Crippen molar-refractivity contribution in [2.75, 3.05) is 5.32 Å². The second-order valence-electron chi connectivity index (χ2n) is 5.89. The summed E-state index contributed by atoms with van der Waals surface area (Å²) in [5.74, 6) is -0.226. The summed E-state index contributed by atoms with van der Waals surface area (Å²) in [6, 6.07) is 12.1. The van der Waals surface area contributed by atoms with E-state index in [2.05, 4.69) is 15.6 Å². The minimum atomic E-state index is -4.41. The summed E-state index contributed by atoms with van der Waals surface area (Å²) in [5, 5.41) is 8.27. The normalized spacial score (nSPS) is 11.3. The van der Waals surface area contributed by atoms with E-state index in [0.29, 0.717) is 22.4 Å². The number of carbonyl (C=O) groups excluding carboxylic acids is 1. The Bertz CT molecular complexity index is 975. The quantitative estimate of drug-likeness (QED) is 0.554. The van der Waals surface area contributed by atoms with Gasteiger partial charge in [-0.2, -0.15) is 13.2 Å². The predicted octanol–water partition coefficient (Wildman–Crippen LogP) is 5.42. The molecule has 3 aromatic rings. The lowest BCUT2D eigenvalue weighted by Gasteiger charge is -2.09. The van der Waals surface area contributed by atoms with Crippen LogP contribution in [0, 0.1) is 0 Å². The van der Waals surface area contributed by atoms with Gasteiger partial charge < -0.3 is 10.6 Å². The molecule has 0 spiro atoms. The van der Waals surface area contributed by atoms with Crippen molar-refractivity contribution >= 4 is 39.7 Å². The molecule has 0 aliphatic carbocycles. The van der Waals surface area contributed by atoms with Gasteiger partial charge in [-0.3, -0.25) is 4.79 Å². The summed E-state index contributed by atoms with van der Waals surface area (Å²) in [5.41, 5.74) is 0.867. The number of anilines is 2. The first-order chi connectivity index (χ1) is 13.3. The molecule has 2 N–H and O–H groups in total. The third kappa shape index (κ3) is 5.46. The highest BCUT2D eigenvalue weighted by molar-refractivity contribution is 7.13. The molecule has 0 saturated carbocycles. The van der Waals surface area contributed by atoms with E-state index >= 15 is 0 Å². The van der Waals surface area contributed by atoms with Gasteiger partial charge in [0.2, 0.25) is 5.91 Å². The van der Waals surface area contributed by atoms with Crippen LogP contribution in [-0.2, 0) is 23.9 Å². The van der Waals surface area contributed by atoms with Gasteiger partial charge in [-0.1, -0.05) is 35.9 Å². The number of nitrogens with one attached hydrogen (secondary N) is 2. The number of aromatic nitrogens is 1. The number of halogens is 4. The maximum atomic E-state index is 12.8. The van der Waals surface area contributed by atoms with Crippen molar-refractivity contribution in [2.45, 2.75) is 19.1 Å². The van der Waals surface area contributed by atoms with E-state index in [4.69, 9.17) is 11.6 Å². The number of benzene rings is 2. The molecule has 0 fully saturated rings. The van der Waals surface area contributed by atoms with Gasteiger partial charge in [0.05, 0.1) is 17.7 Å². The average Bonchev–Trinajstić information content (AvgIpc) is 3.07. The Kier molecular flexibility index (Phi) is 6.21. The molecule has 0 aliphatic rings. The van der Waals surface area contributed by atoms with Gasteiger partial charge in [0.25, 0.3) is 0 Å². The summed E-state index contributed by atoms with van der Waals surface area (Å²) < 4.78 is 38.3. The molecule has 0 saturated heterocycles. The van der Waals surface area contributed by atoms with Gasteiger partial charge in [-0.15, -0.1) is 11.3 Å². The zero-order chi connectivity index (χ0) is 20.1. The fourth-order valence-corrected chi connectivity index (χ4v) is 3.34. The van der Waals surface area contributed by atoms with E-state index in [1.165, 1.54) is 23.5 Å². The lowest BCUT2D eigenvalue weighted by Crippen LogP contribution is -2.24. The zero-order valence-electron chi connectivity index (χ0n) is 14.4. The average molecular weight is 426 g/mol. The second kappa shape index (κ2) is 8.62. The minimum absolute atomic E-state index is 0.0607. The minimum Gasteiger partial charge on any atom is -0.352 e. The van der Waals surface area contributed by atoms with Crippen molar-refractivity contribution in [1.29, 1.82) is 0 Å². The van der Waals surface area contributed by atoms with Gasteiger partial charge in [-0.05, 0) is 29.8 Å². The van der Waals surface area contributed by atoms with Gasteiger partial charge in [-0.25, -0.2) is 4.98 Å². The molecule has 1 aromatic heterocycles. The number of amides is 1. The molecule has 1 heterocycles. The van der Waals surface area contributed by atoms with E-state index in [1.807, 2.05) is 18.2 Å². The number of hydrogen-bond acceptors (Lipinski definition) is 4. The smallest absolute Gasteiger partial charge is 0.352 e. The molecular formula is C19H15ClF3N3OS. The summed E-state index contributed by atoms with van der Waals surface area (Å²) in [7, 11) is 0. The first kappa shape index (κ1) is 20.2. The Morgan fingerprint density at radius 2 is 1.93 bits per heavy atom. The maximum Gasteiger partial charge on any atom is 0.416 e. The second-order valence-corrected chi connectivity index (χ2v) is 7.16. The van der Waals surface area contributed by atoms with Crippen molar-refractivity contribution in [3.8, 4) is 0 Å². The van der Waals surface area contributed by atoms with E-state index in [0.717, 1.165) is 17.7 Å². The highest BCUT2D eigenvalue weighted by Crippen LogP contribution is 2.31. The van der Waals surface area contributed by atoms with Crippen LogP contribution in [0.3, 0.4) is 0 Å². The van der Waals surface area contributed by atoms with Gasteiger partial charge >= 0.3 is 6.18 Å². The van der Waals surface area contributed by atoms with Crippen LogP contribution in [-0.4, -0.2) is 10.9 Å². The van der Waals surface area contributed by atoms with Crippen LogP contribution in [0.4, 0.5) is 24.0 Å². The Morgan fingerprint density at radius 3 is 2.68 bits per heavy atom. The third-order valence-electron chi connectivity index (χ3n) is 3.77. The van der Waals surface area contributed by atoms with Crippen LogP contribution in [0.15, 0.2) is 53.9 Å². The van der Waals surface area contributed by atoms with E-state index in [-0.39, 0.29) is 18.0 Å². The first-order valence-corrected chi connectivity index (χ1v) is 9.46. The Hall–Kier alpha value is -2.58. The Morgan fingerprint density at radius 1 is 1.14 bits per heavy atom.